The Morgan fingerprint density at radius 1 is 1.64 bits per heavy atom. The largest absolute Gasteiger partial charge is 0.390 e. The quantitative estimate of drug-likeness (QED) is 0.678. The average molecular weight is 170 g/mol. The highest BCUT2D eigenvalue weighted by atomic mass is 32.1. The van der Waals surface area contributed by atoms with Crippen LogP contribution in [-0.2, 0) is 0 Å². The van der Waals surface area contributed by atoms with Crippen molar-refractivity contribution in [3.63, 3.8) is 0 Å². The van der Waals surface area contributed by atoms with Crippen LogP contribution in [0.4, 0.5) is 10.0 Å². The number of carbonyl (C=O) groups is 1. The average Bonchev–Trinajstić information content (AvgIpc) is 2.31. The number of hydrogen-bond donors (Lipinski definition) is 1. The predicted molar refractivity (Wildman–Crippen MR) is 48.4 cm³/mol. The minimum Gasteiger partial charge on any atom is -0.390 e. The second-order valence-electron chi connectivity index (χ2n) is 2.42. The van der Waals surface area contributed by atoms with Gasteiger partial charge in [-0.15, -0.1) is 11.3 Å². The van der Waals surface area contributed by atoms with Gasteiger partial charge in [0.15, 0.2) is 6.29 Å². The number of carbonyl (C=O) groups excluding carboxylic acids is 1. The van der Waals surface area contributed by atoms with Crippen LogP contribution in [0.3, 0.4) is 0 Å². The van der Waals surface area contributed by atoms with E-state index in [-0.39, 0.29) is 0 Å². The van der Waals surface area contributed by atoms with Gasteiger partial charge in [-0.05, 0) is 6.07 Å². The Bertz CT molecular complexity index is 267. The lowest BCUT2D eigenvalue weighted by Gasteiger charge is -2.06. The van der Waals surface area contributed by atoms with E-state index in [2.05, 4.69) is 0 Å². The summed E-state index contributed by atoms with van der Waals surface area (Å²) >= 11 is 1.42. The van der Waals surface area contributed by atoms with Gasteiger partial charge >= 0.3 is 0 Å². The highest BCUT2D eigenvalue weighted by Crippen LogP contribution is 2.29. The fraction of sp³-hybridized carbons (Fsp3) is 0.286. The first-order chi connectivity index (χ1) is 5.15. The first-order valence-corrected chi connectivity index (χ1v) is 3.98. The Kier molecular flexibility index (Phi) is 2.14. The molecule has 0 saturated carbocycles. The molecule has 0 amide bonds. The number of nitrogens with two attached hydrogens (primary N) is 1. The van der Waals surface area contributed by atoms with Gasteiger partial charge in [0.05, 0.1) is 15.6 Å². The number of rotatable bonds is 2. The summed E-state index contributed by atoms with van der Waals surface area (Å²) in [6, 6.07) is 1.78. The van der Waals surface area contributed by atoms with Crippen molar-refractivity contribution in [3.8, 4) is 0 Å². The highest BCUT2D eigenvalue weighted by Gasteiger charge is 2.05. The van der Waals surface area contributed by atoms with Crippen molar-refractivity contribution in [1.82, 2.24) is 0 Å². The smallest absolute Gasteiger partial charge is 0.153 e. The van der Waals surface area contributed by atoms with Crippen molar-refractivity contribution in [2.45, 2.75) is 0 Å². The fourth-order valence-electron chi connectivity index (χ4n) is 0.718. The summed E-state index contributed by atoms with van der Waals surface area (Å²) in [5, 5.41) is 1.59. The van der Waals surface area contributed by atoms with E-state index in [1.54, 1.807) is 6.07 Å². The van der Waals surface area contributed by atoms with Crippen molar-refractivity contribution >= 4 is 27.6 Å². The molecule has 0 aromatic carbocycles. The third-order valence-corrected chi connectivity index (χ3v) is 2.49. The SMILES string of the molecule is CN(C)c1cc(C=O)c(N)s1. The molecule has 0 atom stereocenters. The molecule has 0 aliphatic heterocycles. The lowest BCUT2D eigenvalue weighted by Crippen LogP contribution is -2.05. The third kappa shape index (κ3) is 1.51. The zero-order valence-electron chi connectivity index (χ0n) is 6.50. The van der Waals surface area contributed by atoms with Gasteiger partial charge in [0, 0.05) is 14.1 Å². The normalized spacial score (nSPS) is 9.64. The number of hydrogen-bond acceptors (Lipinski definition) is 4. The van der Waals surface area contributed by atoms with Crippen LogP contribution in [0, 0.1) is 0 Å². The standard InChI is InChI=1S/C7H10N2OS/c1-9(2)6-3-5(4-10)7(8)11-6/h3-4H,8H2,1-2H3. The topological polar surface area (TPSA) is 46.3 Å². The van der Waals surface area contributed by atoms with Crippen LogP contribution in [0.5, 0.6) is 0 Å². The monoisotopic (exact) mass is 170 g/mol. The molecular formula is C7H10N2OS. The number of nitrogens with zero attached hydrogens (tertiary/aromatic N) is 1. The lowest BCUT2D eigenvalue weighted by atomic mass is 10.3. The molecule has 0 unspecified atom stereocenters. The van der Waals surface area contributed by atoms with Gasteiger partial charge < -0.3 is 10.6 Å². The molecule has 0 aliphatic carbocycles. The molecule has 1 heterocycles. The van der Waals surface area contributed by atoms with E-state index >= 15 is 0 Å². The lowest BCUT2D eigenvalue weighted by molar-refractivity contribution is 0.112. The molecule has 0 aliphatic rings. The zero-order valence-corrected chi connectivity index (χ0v) is 7.31. The van der Waals surface area contributed by atoms with Gasteiger partial charge in [0.25, 0.3) is 0 Å². The molecule has 1 aromatic heterocycles. The first-order valence-electron chi connectivity index (χ1n) is 3.17. The van der Waals surface area contributed by atoms with E-state index in [1.165, 1.54) is 11.3 Å². The van der Waals surface area contributed by atoms with E-state index in [1.807, 2.05) is 19.0 Å². The molecule has 2 N–H and O–H groups in total. The number of thiophene rings is 1. The second kappa shape index (κ2) is 2.92. The van der Waals surface area contributed by atoms with Crippen molar-refractivity contribution in [1.29, 1.82) is 0 Å². The Labute approximate surface area is 69.4 Å². The summed E-state index contributed by atoms with van der Waals surface area (Å²) < 4.78 is 0. The Hall–Kier alpha value is -1.03. The molecule has 4 heteroatoms. The van der Waals surface area contributed by atoms with Crippen LogP contribution in [-0.4, -0.2) is 20.4 Å². The summed E-state index contributed by atoms with van der Waals surface area (Å²) in [6.07, 6.45) is 0.777. The van der Waals surface area contributed by atoms with E-state index in [0.29, 0.717) is 10.6 Å². The first kappa shape index (κ1) is 8.07. The van der Waals surface area contributed by atoms with Gasteiger partial charge in [-0.3, -0.25) is 4.79 Å². The molecule has 0 bridgehead atoms. The molecule has 11 heavy (non-hydrogen) atoms. The van der Waals surface area contributed by atoms with Crippen molar-refractivity contribution in [3.05, 3.63) is 11.6 Å². The molecular weight excluding hydrogens is 160 g/mol. The Morgan fingerprint density at radius 3 is 2.55 bits per heavy atom. The number of nitrogen functional groups attached to an aromatic ring is 1. The van der Waals surface area contributed by atoms with Crippen molar-refractivity contribution in [2.75, 3.05) is 24.7 Å². The van der Waals surface area contributed by atoms with Gasteiger partial charge in [-0.2, -0.15) is 0 Å². The van der Waals surface area contributed by atoms with Gasteiger partial charge in [-0.1, -0.05) is 0 Å². The molecule has 3 nitrogen and oxygen atoms in total. The Balaban J connectivity index is 3.04. The van der Waals surface area contributed by atoms with Crippen LogP contribution in [0.15, 0.2) is 6.07 Å². The summed E-state index contributed by atoms with van der Waals surface area (Å²) in [5.74, 6) is 0. The summed E-state index contributed by atoms with van der Waals surface area (Å²) in [6.45, 7) is 0. The van der Waals surface area contributed by atoms with E-state index in [4.69, 9.17) is 5.73 Å². The maximum atomic E-state index is 10.4. The maximum Gasteiger partial charge on any atom is 0.153 e. The Morgan fingerprint density at radius 2 is 2.27 bits per heavy atom. The van der Waals surface area contributed by atoms with Gasteiger partial charge in [0.1, 0.15) is 0 Å². The molecule has 0 radical (unpaired) electrons. The van der Waals surface area contributed by atoms with Gasteiger partial charge in [-0.25, -0.2) is 0 Å². The third-order valence-electron chi connectivity index (χ3n) is 1.35. The molecule has 0 spiro atoms. The van der Waals surface area contributed by atoms with Crippen LogP contribution in [0.25, 0.3) is 0 Å². The van der Waals surface area contributed by atoms with E-state index < -0.39 is 0 Å². The van der Waals surface area contributed by atoms with Crippen LogP contribution in [0.2, 0.25) is 0 Å². The summed E-state index contributed by atoms with van der Waals surface area (Å²) in [4.78, 5) is 12.3. The van der Waals surface area contributed by atoms with E-state index in [0.717, 1.165) is 11.3 Å². The highest BCUT2D eigenvalue weighted by molar-refractivity contribution is 7.20. The minimum absolute atomic E-state index is 0.582. The molecule has 60 valence electrons. The number of aldehydes is 1. The van der Waals surface area contributed by atoms with E-state index in [9.17, 15) is 4.79 Å². The second-order valence-corrected chi connectivity index (χ2v) is 3.48. The van der Waals surface area contributed by atoms with Crippen LogP contribution < -0.4 is 10.6 Å². The van der Waals surface area contributed by atoms with Crippen LogP contribution >= 0.6 is 11.3 Å². The summed E-state index contributed by atoms with van der Waals surface area (Å²) in [5.41, 5.74) is 6.13. The van der Waals surface area contributed by atoms with Crippen LogP contribution in [0.1, 0.15) is 10.4 Å². The molecule has 1 aromatic rings. The van der Waals surface area contributed by atoms with Gasteiger partial charge in [0.2, 0.25) is 0 Å². The van der Waals surface area contributed by atoms with Crippen molar-refractivity contribution in [2.24, 2.45) is 0 Å². The van der Waals surface area contributed by atoms with Crippen molar-refractivity contribution < 1.29 is 4.79 Å². The molecule has 0 fully saturated rings. The molecule has 0 saturated heterocycles. The maximum absolute atomic E-state index is 10.4. The number of anilines is 2. The minimum atomic E-state index is 0.582. The predicted octanol–water partition coefficient (Wildman–Crippen LogP) is 1.21. The summed E-state index contributed by atoms with van der Waals surface area (Å²) in [7, 11) is 3.83. The molecule has 1 rings (SSSR count). The zero-order chi connectivity index (χ0) is 8.43. The fourth-order valence-corrected chi connectivity index (χ4v) is 1.54.